The van der Waals surface area contributed by atoms with Crippen LogP contribution in [-0.4, -0.2) is 73.3 Å². The molecule has 0 aliphatic rings. The smallest absolute Gasteiger partial charge is 0.415 e. The van der Waals surface area contributed by atoms with E-state index in [0.29, 0.717) is 32.3 Å². The van der Waals surface area contributed by atoms with Gasteiger partial charge in [-0.2, -0.15) is 0 Å². The Kier molecular flexibility index (Phi) is 10.9. The van der Waals surface area contributed by atoms with Crippen LogP contribution in [0.5, 0.6) is 11.5 Å². The zero-order chi connectivity index (χ0) is 29.4. The number of halogens is 1. The highest BCUT2D eigenvalue weighted by Crippen LogP contribution is 2.30. The summed E-state index contributed by atoms with van der Waals surface area (Å²) in [5.74, 6) is 0.536. The minimum Gasteiger partial charge on any atom is -0.466 e. The molecule has 3 aromatic rings. The first-order chi connectivity index (χ1) is 19.1. The second-order valence-electron chi connectivity index (χ2n) is 8.92. The summed E-state index contributed by atoms with van der Waals surface area (Å²) in [6, 6.07) is 8.15. The van der Waals surface area contributed by atoms with E-state index in [9.17, 15) is 24.6 Å². The number of carbonyl (C=O) groups excluding carboxylic acids is 2. The van der Waals surface area contributed by atoms with Crippen LogP contribution in [0.1, 0.15) is 22.3 Å². The Morgan fingerprint density at radius 3 is 2.17 bits per heavy atom. The van der Waals surface area contributed by atoms with E-state index in [1.165, 1.54) is 31.0 Å². The van der Waals surface area contributed by atoms with Crippen molar-refractivity contribution in [2.45, 2.75) is 26.7 Å². The van der Waals surface area contributed by atoms with Crippen LogP contribution in [0, 0.1) is 6.92 Å². The van der Waals surface area contributed by atoms with Gasteiger partial charge in [0.1, 0.15) is 23.7 Å². The molecule has 0 aliphatic heterocycles. The number of ether oxygens (including phenoxy) is 4. The first-order valence-corrected chi connectivity index (χ1v) is 12.9. The number of rotatable bonds is 11. The average molecular weight is 623 g/mol. The summed E-state index contributed by atoms with van der Waals surface area (Å²) < 4.78 is 27.0. The van der Waals surface area contributed by atoms with Crippen molar-refractivity contribution in [2.75, 3.05) is 41.1 Å². The Morgan fingerprint density at radius 1 is 0.950 bits per heavy atom. The number of nitrogens with zero attached hydrogens (tertiary/aromatic N) is 2. The van der Waals surface area contributed by atoms with Gasteiger partial charge in [0.15, 0.2) is 6.79 Å². The van der Waals surface area contributed by atoms with E-state index in [1.807, 2.05) is 0 Å². The third-order valence-electron chi connectivity index (χ3n) is 5.85. The molecule has 3 rings (SSSR count). The lowest BCUT2D eigenvalue weighted by Gasteiger charge is -2.22. The maximum atomic E-state index is 12.6. The summed E-state index contributed by atoms with van der Waals surface area (Å²) in [5.41, 5.74) is 1.33. The molecule has 0 atom stereocenters. The molecule has 1 heterocycles. The van der Waals surface area contributed by atoms with Crippen molar-refractivity contribution >= 4 is 39.1 Å². The van der Waals surface area contributed by atoms with Gasteiger partial charge in [-0.05, 0) is 35.0 Å². The second kappa shape index (κ2) is 14.1. The first-order valence-electron chi connectivity index (χ1n) is 12.1. The van der Waals surface area contributed by atoms with Gasteiger partial charge in [-0.15, -0.1) is 0 Å². The Bertz CT molecular complexity index is 1400. The van der Waals surface area contributed by atoms with E-state index >= 15 is 0 Å². The Hall–Kier alpha value is -3.65. The van der Waals surface area contributed by atoms with Crippen molar-refractivity contribution in [2.24, 2.45) is 0 Å². The number of aliphatic hydroxyl groups excluding tert-OH is 2. The minimum absolute atomic E-state index is 0.0227. The van der Waals surface area contributed by atoms with Gasteiger partial charge in [-0.25, -0.2) is 14.4 Å². The molecule has 0 saturated heterocycles. The maximum absolute atomic E-state index is 12.6. The van der Waals surface area contributed by atoms with Crippen LogP contribution < -0.4 is 15.1 Å². The van der Waals surface area contributed by atoms with Crippen LogP contribution in [0.15, 0.2) is 44.0 Å². The van der Waals surface area contributed by atoms with Crippen LogP contribution in [0.25, 0.3) is 11.0 Å². The largest absolute Gasteiger partial charge is 0.466 e. The SMILES string of the molecule is COCOc1cc2oc(=O)c(COC(=O)N(C)CCN(C)C(=O)Oc3c(CO)cc(C)cc3CO)cc2cc1Br. The van der Waals surface area contributed by atoms with E-state index in [1.54, 1.807) is 37.3 Å². The van der Waals surface area contributed by atoms with E-state index in [0.717, 1.165) is 5.56 Å². The third kappa shape index (κ3) is 7.72. The van der Waals surface area contributed by atoms with Gasteiger partial charge in [0, 0.05) is 56.9 Å². The van der Waals surface area contributed by atoms with Crippen LogP contribution in [0.2, 0.25) is 0 Å². The number of aryl methyl sites for hydroxylation is 1. The summed E-state index contributed by atoms with van der Waals surface area (Å²) in [6.45, 7) is 0.959. The number of methoxy groups -OCH3 is 1. The van der Waals surface area contributed by atoms with Crippen molar-refractivity contribution < 1.29 is 43.2 Å². The molecule has 0 unspecified atom stereocenters. The molecule has 0 saturated carbocycles. The number of carbonyl (C=O) groups is 2. The number of hydrogen-bond acceptors (Lipinski definition) is 10. The molecule has 13 heteroatoms. The first kappa shape index (κ1) is 30.9. The molecule has 0 aliphatic carbocycles. The summed E-state index contributed by atoms with van der Waals surface area (Å²) >= 11 is 3.39. The lowest BCUT2D eigenvalue weighted by Crippen LogP contribution is -2.39. The standard InChI is InChI=1S/C27H31BrN2O10/c1-16-7-18(12-31)24(19(8-16)13-32)40-27(35)30(3)6-5-29(2)26(34)37-14-20-9-17-10-21(28)23(38-15-36-4)11-22(17)39-25(20)33/h7-11,31-32H,5-6,12-15H2,1-4H3. The van der Waals surface area contributed by atoms with Crippen LogP contribution in [0.4, 0.5) is 9.59 Å². The summed E-state index contributed by atoms with van der Waals surface area (Å²) in [5, 5.41) is 19.8. The molecule has 0 spiro atoms. The van der Waals surface area contributed by atoms with E-state index in [2.05, 4.69) is 15.9 Å². The van der Waals surface area contributed by atoms with Gasteiger partial charge in [0.05, 0.1) is 23.2 Å². The molecular formula is C27H31BrN2O10. The summed E-state index contributed by atoms with van der Waals surface area (Å²) in [7, 11) is 4.45. The van der Waals surface area contributed by atoms with Crippen LogP contribution in [-0.2, 0) is 29.3 Å². The highest BCUT2D eigenvalue weighted by atomic mass is 79.9. The Labute approximate surface area is 238 Å². The molecule has 216 valence electrons. The van der Waals surface area contributed by atoms with Gasteiger partial charge >= 0.3 is 17.8 Å². The van der Waals surface area contributed by atoms with Crippen molar-refractivity contribution in [3.05, 3.63) is 67.5 Å². The molecule has 2 amide bonds. The maximum Gasteiger partial charge on any atom is 0.415 e. The fourth-order valence-electron chi connectivity index (χ4n) is 3.69. The summed E-state index contributed by atoms with van der Waals surface area (Å²) in [4.78, 5) is 40.0. The Morgan fingerprint density at radius 2 is 1.57 bits per heavy atom. The molecule has 40 heavy (non-hydrogen) atoms. The van der Waals surface area contributed by atoms with Crippen LogP contribution in [0.3, 0.4) is 0 Å². The second-order valence-corrected chi connectivity index (χ2v) is 9.78. The fraction of sp³-hybridized carbons (Fsp3) is 0.370. The van der Waals surface area contributed by atoms with Gasteiger partial charge < -0.3 is 43.4 Å². The topological polar surface area (TPSA) is 148 Å². The number of benzene rings is 2. The summed E-state index contributed by atoms with van der Waals surface area (Å²) in [6.07, 6.45) is -1.44. The molecule has 12 nitrogen and oxygen atoms in total. The van der Waals surface area contributed by atoms with Crippen molar-refractivity contribution in [3.63, 3.8) is 0 Å². The molecule has 0 bridgehead atoms. The highest BCUT2D eigenvalue weighted by Gasteiger charge is 2.20. The van der Waals surface area contributed by atoms with Gasteiger partial charge in [-0.1, -0.05) is 17.7 Å². The highest BCUT2D eigenvalue weighted by molar-refractivity contribution is 9.10. The molecule has 2 N–H and O–H groups in total. The molecular weight excluding hydrogens is 592 g/mol. The number of hydrogen-bond donors (Lipinski definition) is 2. The number of likely N-dealkylation sites (N-methyl/N-ethyl adjacent to an activating group) is 2. The van der Waals surface area contributed by atoms with Gasteiger partial charge in [0.2, 0.25) is 0 Å². The minimum atomic E-state index is -0.731. The number of amides is 2. The van der Waals surface area contributed by atoms with Crippen molar-refractivity contribution in [1.29, 1.82) is 0 Å². The molecule has 0 fully saturated rings. The zero-order valence-corrected chi connectivity index (χ0v) is 24.1. The lowest BCUT2D eigenvalue weighted by atomic mass is 10.1. The predicted molar refractivity (Wildman–Crippen MR) is 147 cm³/mol. The molecule has 1 aromatic heterocycles. The van der Waals surface area contributed by atoms with E-state index < -0.39 is 17.8 Å². The molecule has 2 aromatic carbocycles. The quantitative estimate of drug-likeness (QED) is 0.240. The van der Waals surface area contributed by atoms with Crippen molar-refractivity contribution in [3.8, 4) is 11.5 Å². The molecule has 0 radical (unpaired) electrons. The normalized spacial score (nSPS) is 10.9. The van der Waals surface area contributed by atoms with Crippen LogP contribution >= 0.6 is 15.9 Å². The lowest BCUT2D eigenvalue weighted by molar-refractivity contribution is 0.0506. The van der Waals surface area contributed by atoms with E-state index in [4.69, 9.17) is 23.4 Å². The van der Waals surface area contributed by atoms with E-state index in [-0.39, 0.29) is 51.0 Å². The van der Waals surface area contributed by atoms with Crippen molar-refractivity contribution in [1.82, 2.24) is 9.80 Å². The number of fused-ring (bicyclic) bond motifs is 1. The monoisotopic (exact) mass is 622 g/mol. The Balaban J connectivity index is 1.57. The average Bonchev–Trinajstić information content (AvgIpc) is 2.93. The zero-order valence-electron chi connectivity index (χ0n) is 22.6. The predicted octanol–water partition coefficient (Wildman–Crippen LogP) is 3.53. The third-order valence-corrected chi connectivity index (χ3v) is 6.47. The van der Waals surface area contributed by atoms with Gasteiger partial charge in [-0.3, -0.25) is 0 Å². The number of aliphatic hydroxyl groups is 2. The fourth-order valence-corrected chi connectivity index (χ4v) is 4.16. The van der Waals surface area contributed by atoms with Gasteiger partial charge in [0.25, 0.3) is 0 Å².